The monoisotopic (exact) mass is 500 g/mol. The largest absolute Gasteiger partial charge is 0.548 e. The van der Waals surface area contributed by atoms with Gasteiger partial charge in [0.05, 0.1) is 30.3 Å². The van der Waals surface area contributed by atoms with Crippen molar-refractivity contribution in [1.29, 1.82) is 0 Å². The van der Waals surface area contributed by atoms with E-state index in [-0.39, 0.29) is 28.3 Å². The van der Waals surface area contributed by atoms with Crippen molar-refractivity contribution in [2.45, 2.75) is 19.4 Å². The minimum absolute atomic E-state index is 0.0640. The molecule has 8 nitrogen and oxygen atoms in total. The maximum absolute atomic E-state index is 13.4. The fourth-order valence-electron chi connectivity index (χ4n) is 4.29. The fourth-order valence-corrected chi connectivity index (χ4v) is 4.29. The number of aliphatic carboxylic acids is 1. The van der Waals surface area contributed by atoms with E-state index in [9.17, 15) is 29.0 Å². The molecule has 0 spiro atoms. The summed E-state index contributed by atoms with van der Waals surface area (Å²) in [6, 6.07) is 13.1. The number of fused-ring (bicyclic) bond motifs is 2. The number of hydrogen-bond donors (Lipinski definition) is 2. The van der Waals surface area contributed by atoms with E-state index in [4.69, 9.17) is 8.83 Å². The van der Waals surface area contributed by atoms with Crippen LogP contribution in [0, 0.1) is 12.7 Å². The quantitative estimate of drug-likeness (QED) is 0.341. The first-order chi connectivity index (χ1) is 17.7. The van der Waals surface area contributed by atoms with Gasteiger partial charge in [0.25, 0.3) is 0 Å². The lowest BCUT2D eigenvalue weighted by Gasteiger charge is -2.20. The number of nitrogens with one attached hydrogen (secondary N) is 1. The Kier molecular flexibility index (Phi) is 5.96. The first-order valence-corrected chi connectivity index (χ1v) is 11.2. The molecule has 0 aliphatic carbocycles. The van der Waals surface area contributed by atoms with Gasteiger partial charge in [-0.2, -0.15) is 0 Å². The van der Waals surface area contributed by atoms with E-state index >= 15 is 0 Å². The highest BCUT2D eigenvalue weighted by molar-refractivity contribution is 6.02. The van der Waals surface area contributed by atoms with Crippen LogP contribution in [0.4, 0.5) is 4.39 Å². The minimum Gasteiger partial charge on any atom is -0.548 e. The predicted octanol–water partition coefficient (Wildman–Crippen LogP) is 3.51. The van der Waals surface area contributed by atoms with Crippen LogP contribution in [0.1, 0.15) is 22.7 Å². The number of aromatic hydroxyl groups is 1. The smallest absolute Gasteiger partial charge is 0.340 e. The second-order valence-corrected chi connectivity index (χ2v) is 8.58. The molecule has 0 radical (unpaired) electrons. The summed E-state index contributed by atoms with van der Waals surface area (Å²) in [5, 5.41) is 24.7. The molecule has 1 atom stereocenters. The molecule has 0 saturated heterocycles. The van der Waals surface area contributed by atoms with Gasteiger partial charge in [-0.1, -0.05) is 24.3 Å². The van der Waals surface area contributed by atoms with E-state index in [1.54, 1.807) is 31.2 Å². The van der Waals surface area contributed by atoms with Gasteiger partial charge in [-0.05, 0) is 53.9 Å². The maximum Gasteiger partial charge on any atom is 0.340 e. The third-order valence-corrected chi connectivity index (χ3v) is 6.24. The van der Waals surface area contributed by atoms with E-state index in [1.807, 2.05) is 0 Å². The zero-order chi connectivity index (χ0) is 26.3. The maximum atomic E-state index is 13.4. The van der Waals surface area contributed by atoms with Gasteiger partial charge in [-0.15, -0.1) is 0 Å². The molecule has 0 unspecified atom stereocenters. The Bertz CT molecular complexity index is 1720. The van der Waals surface area contributed by atoms with Gasteiger partial charge in [0.15, 0.2) is 0 Å². The second kappa shape index (κ2) is 9.27. The van der Waals surface area contributed by atoms with Gasteiger partial charge in [0.2, 0.25) is 5.91 Å². The lowest BCUT2D eigenvalue weighted by molar-refractivity contribution is -0.308. The van der Waals surface area contributed by atoms with Crippen molar-refractivity contribution in [2.75, 3.05) is 0 Å². The zero-order valence-corrected chi connectivity index (χ0v) is 19.4. The molecule has 37 heavy (non-hydrogen) atoms. The van der Waals surface area contributed by atoms with Crippen LogP contribution in [-0.4, -0.2) is 17.0 Å². The van der Waals surface area contributed by atoms with Gasteiger partial charge in [-0.3, -0.25) is 4.79 Å². The molecule has 0 bridgehead atoms. The van der Waals surface area contributed by atoms with Crippen LogP contribution in [0.5, 0.6) is 5.75 Å². The van der Waals surface area contributed by atoms with Crippen molar-refractivity contribution in [3.05, 3.63) is 99.9 Å². The number of carboxylic acids is 1. The second-order valence-electron chi connectivity index (χ2n) is 8.58. The highest BCUT2D eigenvalue weighted by Gasteiger charge is 2.21. The summed E-state index contributed by atoms with van der Waals surface area (Å²) in [6.45, 7) is 1.67. The fraction of sp³-hybridized carbons (Fsp3) is 0.107. The molecule has 2 aromatic heterocycles. The number of hydrogen-bond acceptors (Lipinski definition) is 7. The average Bonchev–Trinajstić information content (AvgIpc) is 3.28. The summed E-state index contributed by atoms with van der Waals surface area (Å²) in [6.07, 6.45) is 1.10. The Labute approximate surface area is 208 Å². The number of rotatable bonds is 6. The van der Waals surface area contributed by atoms with Crippen LogP contribution in [0.15, 0.2) is 80.6 Å². The number of benzene rings is 3. The summed E-state index contributed by atoms with van der Waals surface area (Å²) in [4.78, 5) is 37.2. The standard InChI is InChI=1S/C28H20FNO7/c1-14-19-10-21-22(15-2-6-17(29)7-3-15)13-36-23(21)12-24(19)37-28(35)20(14)11-25(32)30-26(27(33)34)16-4-8-18(31)9-5-16/h2-10,12-13,26,31H,11H2,1H3,(H,30,32)(H,33,34)/p-1/t26-/m0/s1. The third-order valence-electron chi connectivity index (χ3n) is 6.24. The topological polar surface area (TPSA) is 133 Å². The van der Waals surface area contributed by atoms with E-state index in [2.05, 4.69) is 5.32 Å². The first-order valence-electron chi connectivity index (χ1n) is 11.2. The van der Waals surface area contributed by atoms with Crippen molar-refractivity contribution in [3.63, 3.8) is 0 Å². The summed E-state index contributed by atoms with van der Waals surface area (Å²) in [5.74, 6) is -2.70. The van der Waals surface area contributed by atoms with Gasteiger partial charge in [-0.25, -0.2) is 9.18 Å². The summed E-state index contributed by atoms with van der Waals surface area (Å²) >= 11 is 0. The third kappa shape index (κ3) is 4.54. The molecule has 0 aliphatic rings. The van der Waals surface area contributed by atoms with E-state index < -0.39 is 30.0 Å². The number of carboxylic acid groups (broad SMARTS) is 1. The number of aryl methyl sites for hydroxylation is 1. The van der Waals surface area contributed by atoms with Crippen molar-refractivity contribution < 1.29 is 33.0 Å². The molecule has 1 amide bonds. The first kappa shape index (κ1) is 23.8. The van der Waals surface area contributed by atoms with E-state index in [0.717, 1.165) is 5.56 Å². The normalized spacial score (nSPS) is 12.1. The van der Waals surface area contributed by atoms with Crippen LogP contribution in [0.3, 0.4) is 0 Å². The van der Waals surface area contributed by atoms with Crippen molar-refractivity contribution in [3.8, 4) is 16.9 Å². The Morgan fingerprint density at radius 3 is 2.41 bits per heavy atom. The van der Waals surface area contributed by atoms with Crippen molar-refractivity contribution in [1.82, 2.24) is 5.32 Å². The zero-order valence-electron chi connectivity index (χ0n) is 19.4. The molecular weight excluding hydrogens is 481 g/mol. The van der Waals surface area contributed by atoms with Gasteiger partial charge in [0, 0.05) is 22.4 Å². The van der Waals surface area contributed by atoms with E-state index in [1.165, 1.54) is 42.7 Å². The highest BCUT2D eigenvalue weighted by Crippen LogP contribution is 2.34. The molecule has 5 rings (SSSR count). The number of phenols is 1. The molecule has 3 aromatic carbocycles. The molecular formula is C28H19FNO7-. The molecule has 0 aliphatic heterocycles. The Morgan fingerprint density at radius 1 is 1.03 bits per heavy atom. The van der Waals surface area contributed by atoms with Crippen LogP contribution in [0.2, 0.25) is 0 Å². The minimum atomic E-state index is -1.54. The molecule has 2 heterocycles. The predicted molar refractivity (Wildman–Crippen MR) is 130 cm³/mol. The number of carbonyl (C=O) groups excluding carboxylic acids is 2. The Balaban J connectivity index is 1.50. The number of phenolic OH excluding ortho intramolecular Hbond substituents is 1. The number of carbonyl (C=O) groups is 2. The van der Waals surface area contributed by atoms with Crippen molar-refractivity contribution in [2.24, 2.45) is 0 Å². The molecule has 186 valence electrons. The van der Waals surface area contributed by atoms with Crippen LogP contribution in [0.25, 0.3) is 33.1 Å². The van der Waals surface area contributed by atoms with Crippen molar-refractivity contribution >= 4 is 33.8 Å². The average molecular weight is 500 g/mol. The molecule has 9 heteroatoms. The van der Waals surface area contributed by atoms with Crippen LogP contribution >= 0.6 is 0 Å². The summed E-state index contributed by atoms with van der Waals surface area (Å²) < 4.78 is 24.5. The van der Waals surface area contributed by atoms with Gasteiger partial charge < -0.3 is 29.2 Å². The summed E-state index contributed by atoms with van der Waals surface area (Å²) in [7, 11) is 0. The van der Waals surface area contributed by atoms with Crippen LogP contribution < -0.4 is 16.0 Å². The van der Waals surface area contributed by atoms with E-state index in [0.29, 0.717) is 27.5 Å². The Hall–Kier alpha value is -4.92. The number of amides is 1. The highest BCUT2D eigenvalue weighted by atomic mass is 19.1. The Morgan fingerprint density at radius 2 is 1.73 bits per heavy atom. The molecule has 2 N–H and O–H groups in total. The van der Waals surface area contributed by atoms with Gasteiger partial charge >= 0.3 is 5.63 Å². The summed E-state index contributed by atoms with van der Waals surface area (Å²) in [5.41, 5.74) is 2.19. The van der Waals surface area contributed by atoms with Crippen LogP contribution in [-0.2, 0) is 16.0 Å². The van der Waals surface area contributed by atoms with Gasteiger partial charge in [0.1, 0.15) is 22.7 Å². The SMILES string of the molecule is Cc1c(CC(=O)N[C@H](C(=O)[O-])c2ccc(O)cc2)c(=O)oc2cc3occ(-c4ccc(F)cc4)c3cc12. The lowest BCUT2D eigenvalue weighted by atomic mass is 9.99. The molecule has 0 fully saturated rings. The molecule has 5 aromatic rings. The lowest BCUT2D eigenvalue weighted by Crippen LogP contribution is -2.42. The molecule has 0 saturated carbocycles. The number of furan rings is 1. The number of halogens is 1.